The molecule has 1 N–H and O–H groups in total. The standard InChI is InChI=1S/C19H23N3O5/c1-2-26-19(25)17(21-20)16(23)10-12-22-11-6-9-15(22)18(24)27-13-14-7-4-3-5-8-14/h3-5,7-8,15H,2,6,9-13H2,1H3/p+1/t15-/m0/s1. The van der Waals surface area contributed by atoms with Gasteiger partial charge in [0, 0.05) is 13.0 Å². The van der Waals surface area contributed by atoms with Crippen LogP contribution in [0.5, 0.6) is 0 Å². The smallest absolute Gasteiger partial charge is 0.505 e. The number of ether oxygens (including phenoxy) is 2. The van der Waals surface area contributed by atoms with E-state index >= 15 is 0 Å². The molecule has 8 nitrogen and oxygen atoms in total. The molecule has 1 aliphatic rings. The van der Waals surface area contributed by atoms with Crippen molar-refractivity contribution in [2.45, 2.75) is 38.8 Å². The van der Waals surface area contributed by atoms with Gasteiger partial charge in [-0.15, -0.1) is 0 Å². The van der Waals surface area contributed by atoms with Crippen LogP contribution in [0.25, 0.3) is 4.98 Å². The molecule has 1 heterocycles. The molecule has 0 unspecified atom stereocenters. The van der Waals surface area contributed by atoms with E-state index in [1.165, 1.54) is 0 Å². The van der Waals surface area contributed by atoms with Crippen molar-refractivity contribution < 1.29 is 24.2 Å². The Kier molecular flexibility index (Phi) is 7.77. The van der Waals surface area contributed by atoms with Gasteiger partial charge in [0.25, 0.3) is 0 Å². The van der Waals surface area contributed by atoms with E-state index in [4.69, 9.17) is 14.9 Å². The lowest BCUT2D eigenvalue weighted by Gasteiger charge is -2.22. The van der Waals surface area contributed by atoms with Gasteiger partial charge in [-0.3, -0.25) is 9.69 Å². The van der Waals surface area contributed by atoms with Crippen LogP contribution in [-0.4, -0.2) is 47.7 Å². The Morgan fingerprint density at radius 2 is 2.04 bits per heavy atom. The van der Waals surface area contributed by atoms with Gasteiger partial charge in [-0.05, 0) is 31.9 Å². The fourth-order valence-electron chi connectivity index (χ4n) is 2.97. The zero-order valence-electron chi connectivity index (χ0n) is 15.3. The average molecular weight is 374 g/mol. The highest BCUT2D eigenvalue weighted by Crippen LogP contribution is 2.21. The Labute approximate surface area is 158 Å². The predicted octanol–water partition coefficient (Wildman–Crippen LogP) is 2.77. The SMILES string of the molecule is CCOC(=O)/C([N+]#N)=C(\O)CCN1CCC[C@H]1C(=O)OCc1ccccc1. The van der Waals surface area contributed by atoms with Crippen molar-refractivity contribution in [3.05, 3.63) is 52.3 Å². The topological polar surface area (TPSA) is 104 Å². The Hall–Kier alpha value is -2.92. The number of carbonyl (C=O) groups excluding carboxylic acids is 2. The molecule has 1 aliphatic heterocycles. The monoisotopic (exact) mass is 374 g/mol. The molecule has 0 saturated carbocycles. The quantitative estimate of drug-likeness (QED) is 0.323. The molecule has 1 aromatic carbocycles. The summed E-state index contributed by atoms with van der Waals surface area (Å²) in [5, 5.41) is 18.9. The Bertz CT molecular complexity index is 727. The lowest BCUT2D eigenvalue weighted by atomic mass is 10.2. The van der Waals surface area contributed by atoms with Gasteiger partial charge in [0.1, 0.15) is 12.6 Å². The lowest BCUT2D eigenvalue weighted by molar-refractivity contribution is -0.150. The number of aliphatic hydroxyl groups excluding tert-OH is 1. The minimum Gasteiger partial charge on any atom is -0.505 e. The highest BCUT2D eigenvalue weighted by Gasteiger charge is 2.34. The zero-order valence-corrected chi connectivity index (χ0v) is 15.3. The Morgan fingerprint density at radius 1 is 1.30 bits per heavy atom. The normalized spacial score (nSPS) is 17.7. The van der Waals surface area contributed by atoms with E-state index in [9.17, 15) is 14.7 Å². The molecular formula is C19H24N3O5+. The summed E-state index contributed by atoms with van der Waals surface area (Å²) in [6.07, 6.45) is 1.57. The van der Waals surface area contributed by atoms with Gasteiger partial charge in [-0.25, -0.2) is 4.79 Å². The lowest BCUT2D eigenvalue weighted by Crippen LogP contribution is -2.38. The van der Waals surface area contributed by atoms with Crippen LogP contribution in [0, 0.1) is 5.39 Å². The van der Waals surface area contributed by atoms with Crippen LogP contribution in [0.2, 0.25) is 0 Å². The molecule has 27 heavy (non-hydrogen) atoms. The molecule has 144 valence electrons. The highest BCUT2D eigenvalue weighted by molar-refractivity contribution is 5.90. The van der Waals surface area contributed by atoms with Gasteiger partial charge >= 0.3 is 17.6 Å². The van der Waals surface area contributed by atoms with E-state index in [1.807, 2.05) is 35.2 Å². The number of benzene rings is 1. The molecule has 1 atom stereocenters. The predicted molar refractivity (Wildman–Crippen MR) is 96.8 cm³/mol. The van der Waals surface area contributed by atoms with E-state index < -0.39 is 17.7 Å². The van der Waals surface area contributed by atoms with Crippen molar-refractivity contribution in [1.29, 1.82) is 5.39 Å². The first kappa shape index (κ1) is 20.4. The molecule has 0 aliphatic carbocycles. The van der Waals surface area contributed by atoms with Crippen LogP contribution >= 0.6 is 0 Å². The maximum Gasteiger partial charge on any atom is 0.505 e. The highest BCUT2D eigenvalue weighted by atomic mass is 16.5. The number of carbonyl (C=O) groups is 2. The summed E-state index contributed by atoms with van der Waals surface area (Å²) >= 11 is 0. The van der Waals surface area contributed by atoms with Gasteiger partial charge in [-0.2, -0.15) is 0 Å². The summed E-state index contributed by atoms with van der Waals surface area (Å²) in [5.74, 6) is -1.57. The summed E-state index contributed by atoms with van der Waals surface area (Å²) in [4.78, 5) is 28.7. The number of esters is 2. The number of aliphatic hydroxyl groups is 1. The molecule has 1 fully saturated rings. The van der Waals surface area contributed by atoms with E-state index in [0.717, 1.165) is 12.0 Å². The van der Waals surface area contributed by atoms with Gasteiger partial charge in [0.2, 0.25) is 5.39 Å². The molecule has 0 bridgehead atoms. The largest absolute Gasteiger partial charge is 0.505 e. The summed E-state index contributed by atoms with van der Waals surface area (Å²) in [7, 11) is 0. The number of likely N-dealkylation sites (tertiary alicyclic amines) is 1. The molecular weight excluding hydrogens is 350 g/mol. The molecule has 1 aromatic rings. The summed E-state index contributed by atoms with van der Waals surface area (Å²) in [6, 6.07) is 9.04. The van der Waals surface area contributed by atoms with Crippen LogP contribution in [0.4, 0.5) is 0 Å². The van der Waals surface area contributed by atoms with Crippen molar-refractivity contribution in [2.75, 3.05) is 19.7 Å². The summed E-state index contributed by atoms with van der Waals surface area (Å²) in [6.45, 7) is 2.94. The minimum atomic E-state index is -0.891. The van der Waals surface area contributed by atoms with E-state index in [1.54, 1.807) is 6.92 Å². The average Bonchev–Trinajstić information content (AvgIpc) is 3.15. The summed E-state index contributed by atoms with van der Waals surface area (Å²) in [5.41, 5.74) is 0.402. The van der Waals surface area contributed by atoms with Crippen molar-refractivity contribution in [2.24, 2.45) is 0 Å². The zero-order chi connectivity index (χ0) is 19.6. The maximum absolute atomic E-state index is 12.4. The number of diazo groups is 1. The first-order valence-electron chi connectivity index (χ1n) is 8.95. The Balaban J connectivity index is 1.91. The van der Waals surface area contributed by atoms with Crippen LogP contribution < -0.4 is 0 Å². The van der Waals surface area contributed by atoms with Crippen LogP contribution in [0.1, 0.15) is 31.7 Å². The van der Waals surface area contributed by atoms with Gasteiger partial charge in [0.05, 0.1) is 6.61 Å². The second kappa shape index (κ2) is 10.3. The van der Waals surface area contributed by atoms with Crippen molar-refractivity contribution in [1.82, 2.24) is 4.90 Å². The second-order valence-corrected chi connectivity index (χ2v) is 6.15. The molecule has 0 aromatic heterocycles. The van der Waals surface area contributed by atoms with Crippen molar-refractivity contribution in [3.63, 3.8) is 0 Å². The van der Waals surface area contributed by atoms with Crippen molar-refractivity contribution >= 4 is 11.9 Å². The number of hydrogen-bond acceptors (Lipinski definition) is 7. The van der Waals surface area contributed by atoms with Crippen LogP contribution in [-0.2, 0) is 25.7 Å². The molecule has 0 spiro atoms. The van der Waals surface area contributed by atoms with Gasteiger partial charge < -0.3 is 14.6 Å². The third-order valence-electron chi connectivity index (χ3n) is 4.34. The number of nitrogens with zero attached hydrogens (tertiary/aromatic N) is 3. The molecule has 8 heteroatoms. The van der Waals surface area contributed by atoms with E-state index in [0.29, 0.717) is 19.5 Å². The maximum atomic E-state index is 12.4. The number of hydrogen-bond donors (Lipinski definition) is 1. The molecule has 2 rings (SSSR count). The van der Waals surface area contributed by atoms with Gasteiger partial charge in [-0.1, -0.05) is 30.3 Å². The third kappa shape index (κ3) is 5.79. The van der Waals surface area contributed by atoms with Gasteiger partial charge in [0.15, 0.2) is 10.7 Å². The van der Waals surface area contributed by atoms with Crippen LogP contribution in [0.15, 0.2) is 41.8 Å². The second-order valence-electron chi connectivity index (χ2n) is 6.15. The number of rotatable bonds is 8. The van der Waals surface area contributed by atoms with Crippen LogP contribution in [0.3, 0.4) is 0 Å². The molecule has 1 saturated heterocycles. The third-order valence-corrected chi connectivity index (χ3v) is 4.34. The summed E-state index contributed by atoms with van der Waals surface area (Å²) < 4.78 is 10.1. The molecule has 0 radical (unpaired) electrons. The first-order chi connectivity index (χ1) is 13.1. The fraction of sp³-hybridized carbons (Fsp3) is 0.474. The Morgan fingerprint density at radius 3 is 2.70 bits per heavy atom. The minimum absolute atomic E-state index is 0.0562. The molecule has 0 amide bonds. The van der Waals surface area contributed by atoms with E-state index in [-0.39, 0.29) is 31.4 Å². The van der Waals surface area contributed by atoms with Crippen molar-refractivity contribution in [3.8, 4) is 0 Å². The van der Waals surface area contributed by atoms with E-state index in [2.05, 4.69) is 4.98 Å². The fourth-order valence-corrected chi connectivity index (χ4v) is 2.97. The first-order valence-corrected chi connectivity index (χ1v) is 8.95.